The van der Waals surface area contributed by atoms with Crippen LogP contribution in [0.1, 0.15) is 10.4 Å². The van der Waals surface area contributed by atoms with Crippen LogP contribution in [0.15, 0.2) is 34.7 Å². The van der Waals surface area contributed by atoms with Crippen molar-refractivity contribution in [3.8, 4) is 0 Å². The highest BCUT2D eigenvalue weighted by Gasteiger charge is 2.06. The van der Waals surface area contributed by atoms with Gasteiger partial charge < -0.3 is 10.2 Å². The van der Waals surface area contributed by atoms with Crippen molar-refractivity contribution in [2.45, 2.75) is 0 Å². The Kier molecular flexibility index (Phi) is 1.81. The zero-order chi connectivity index (χ0) is 10.1. The van der Waals surface area contributed by atoms with Crippen molar-refractivity contribution in [2.75, 3.05) is 0 Å². The van der Waals surface area contributed by atoms with Gasteiger partial charge in [0.2, 0.25) is 5.55 Å². The first kappa shape index (κ1) is 8.50. The van der Waals surface area contributed by atoms with Crippen LogP contribution in [-0.4, -0.2) is 5.91 Å². The second kappa shape index (κ2) is 2.99. The van der Waals surface area contributed by atoms with Gasteiger partial charge in [0.1, 0.15) is 11.1 Å². The van der Waals surface area contributed by atoms with Crippen LogP contribution in [0.5, 0.6) is 0 Å². The summed E-state index contributed by atoms with van der Waals surface area (Å²) in [7, 11) is 0. The van der Waals surface area contributed by atoms with Gasteiger partial charge in [-0.1, -0.05) is 18.2 Å². The van der Waals surface area contributed by atoms with Crippen molar-refractivity contribution in [3.05, 3.63) is 41.4 Å². The lowest BCUT2D eigenvalue weighted by Gasteiger charge is -1.98. The highest BCUT2D eigenvalue weighted by molar-refractivity contribution is 5.95. The van der Waals surface area contributed by atoms with E-state index in [0.29, 0.717) is 5.58 Å². The number of nitrogens with one attached hydrogen (secondary N) is 1. The molecule has 0 bridgehead atoms. The lowest BCUT2D eigenvalue weighted by molar-refractivity contribution is 0.0996. The summed E-state index contributed by atoms with van der Waals surface area (Å²) in [5.41, 5.74) is 5.56. The SMILES string of the molecule is N=c1oc2ccccc2cc1C(N)=O. The molecule has 0 aliphatic heterocycles. The van der Waals surface area contributed by atoms with Crippen LogP contribution < -0.4 is 11.3 Å². The van der Waals surface area contributed by atoms with Crippen molar-refractivity contribution < 1.29 is 9.21 Å². The number of primary amides is 1. The van der Waals surface area contributed by atoms with E-state index in [2.05, 4.69) is 0 Å². The Morgan fingerprint density at radius 3 is 2.79 bits per heavy atom. The topological polar surface area (TPSA) is 80.1 Å². The molecule has 1 aromatic heterocycles. The molecule has 14 heavy (non-hydrogen) atoms. The summed E-state index contributed by atoms with van der Waals surface area (Å²) in [6.07, 6.45) is 0. The van der Waals surface area contributed by atoms with Crippen LogP contribution >= 0.6 is 0 Å². The second-order valence-corrected chi connectivity index (χ2v) is 2.89. The first-order valence-corrected chi connectivity index (χ1v) is 4.06. The fourth-order valence-corrected chi connectivity index (χ4v) is 1.26. The molecule has 0 spiro atoms. The smallest absolute Gasteiger partial charge is 0.254 e. The molecule has 3 N–H and O–H groups in total. The molecule has 1 heterocycles. The minimum atomic E-state index is -0.649. The summed E-state index contributed by atoms with van der Waals surface area (Å²) in [5.74, 6) is -0.649. The van der Waals surface area contributed by atoms with E-state index >= 15 is 0 Å². The maximum Gasteiger partial charge on any atom is 0.254 e. The average Bonchev–Trinajstić information content (AvgIpc) is 2.16. The molecule has 4 nitrogen and oxygen atoms in total. The number of rotatable bonds is 1. The van der Waals surface area contributed by atoms with Gasteiger partial charge in [-0.05, 0) is 12.1 Å². The average molecular weight is 188 g/mol. The van der Waals surface area contributed by atoms with E-state index in [1.807, 2.05) is 6.07 Å². The number of hydrogen-bond acceptors (Lipinski definition) is 3. The molecule has 0 fully saturated rings. The van der Waals surface area contributed by atoms with Crippen LogP contribution in [0, 0.1) is 5.41 Å². The van der Waals surface area contributed by atoms with E-state index in [-0.39, 0.29) is 11.1 Å². The standard InChI is InChI=1S/C10H8N2O2/c11-9(13)7-5-6-3-1-2-4-8(6)14-10(7)12/h1-5,12H,(H2,11,13). The van der Waals surface area contributed by atoms with Gasteiger partial charge in [0.05, 0.1) is 0 Å². The molecule has 0 aliphatic carbocycles. The molecule has 0 radical (unpaired) electrons. The molecule has 0 saturated heterocycles. The minimum Gasteiger partial charge on any atom is -0.438 e. The maximum absolute atomic E-state index is 10.9. The molecule has 0 aliphatic rings. The molecule has 0 atom stereocenters. The van der Waals surface area contributed by atoms with Gasteiger partial charge in [-0.25, -0.2) is 0 Å². The Balaban J connectivity index is 2.84. The number of para-hydroxylation sites is 1. The number of hydrogen-bond donors (Lipinski definition) is 2. The van der Waals surface area contributed by atoms with Gasteiger partial charge in [-0.3, -0.25) is 10.2 Å². The van der Waals surface area contributed by atoms with Crippen molar-refractivity contribution >= 4 is 16.9 Å². The number of benzene rings is 1. The van der Waals surface area contributed by atoms with Gasteiger partial charge in [0.25, 0.3) is 5.91 Å². The number of nitrogens with two attached hydrogens (primary N) is 1. The van der Waals surface area contributed by atoms with Crippen molar-refractivity contribution in [3.63, 3.8) is 0 Å². The van der Waals surface area contributed by atoms with Crippen LogP contribution in [0.4, 0.5) is 0 Å². The Bertz CT molecular complexity index is 557. The lowest BCUT2D eigenvalue weighted by atomic mass is 10.2. The number of fused-ring (bicyclic) bond motifs is 1. The van der Waals surface area contributed by atoms with E-state index in [1.165, 1.54) is 0 Å². The fraction of sp³-hybridized carbons (Fsp3) is 0. The van der Waals surface area contributed by atoms with Crippen LogP contribution in [0.25, 0.3) is 11.0 Å². The Morgan fingerprint density at radius 1 is 1.36 bits per heavy atom. The predicted molar refractivity (Wildman–Crippen MR) is 50.6 cm³/mol. The van der Waals surface area contributed by atoms with E-state index in [1.54, 1.807) is 24.3 Å². The predicted octanol–water partition coefficient (Wildman–Crippen LogP) is 1.01. The van der Waals surface area contributed by atoms with Gasteiger partial charge in [0.15, 0.2) is 0 Å². The molecule has 4 heteroatoms. The second-order valence-electron chi connectivity index (χ2n) is 2.89. The summed E-state index contributed by atoms with van der Waals surface area (Å²) in [5, 5.41) is 8.18. The monoisotopic (exact) mass is 188 g/mol. The normalized spacial score (nSPS) is 10.3. The van der Waals surface area contributed by atoms with Gasteiger partial charge in [-0.15, -0.1) is 0 Å². The first-order valence-electron chi connectivity index (χ1n) is 4.06. The third-order valence-electron chi connectivity index (χ3n) is 1.94. The molecule has 2 aromatic rings. The van der Waals surface area contributed by atoms with E-state index in [0.717, 1.165) is 5.39 Å². The molecule has 1 amide bonds. The summed E-state index contributed by atoms with van der Waals surface area (Å²) in [6, 6.07) is 8.72. The Hall–Kier alpha value is -2.10. The fourth-order valence-electron chi connectivity index (χ4n) is 1.26. The molecule has 0 unspecified atom stereocenters. The molecule has 1 aromatic carbocycles. The molecule has 0 saturated carbocycles. The first-order chi connectivity index (χ1) is 6.68. The van der Waals surface area contributed by atoms with Crippen molar-refractivity contribution in [2.24, 2.45) is 5.73 Å². The van der Waals surface area contributed by atoms with E-state index < -0.39 is 5.91 Å². The lowest BCUT2D eigenvalue weighted by Crippen LogP contribution is -2.20. The summed E-state index contributed by atoms with van der Waals surface area (Å²) >= 11 is 0. The number of carbonyl (C=O) groups excluding carboxylic acids is 1. The molecule has 2 rings (SSSR count). The van der Waals surface area contributed by atoms with Crippen molar-refractivity contribution in [1.82, 2.24) is 0 Å². The van der Waals surface area contributed by atoms with Crippen molar-refractivity contribution in [1.29, 1.82) is 5.41 Å². The van der Waals surface area contributed by atoms with Crippen LogP contribution in [-0.2, 0) is 0 Å². The zero-order valence-electron chi connectivity index (χ0n) is 7.28. The minimum absolute atomic E-state index is 0.101. The van der Waals surface area contributed by atoms with E-state index in [9.17, 15) is 4.79 Å². The zero-order valence-corrected chi connectivity index (χ0v) is 7.28. The summed E-state index contributed by atoms with van der Waals surface area (Å²) in [4.78, 5) is 10.9. The quantitative estimate of drug-likeness (QED) is 0.700. The highest BCUT2D eigenvalue weighted by atomic mass is 16.3. The van der Waals surface area contributed by atoms with E-state index in [4.69, 9.17) is 15.6 Å². The van der Waals surface area contributed by atoms with Gasteiger partial charge in [0, 0.05) is 5.39 Å². The molecule has 70 valence electrons. The maximum atomic E-state index is 10.9. The Morgan fingerprint density at radius 2 is 2.07 bits per heavy atom. The largest absolute Gasteiger partial charge is 0.438 e. The van der Waals surface area contributed by atoms with Gasteiger partial charge >= 0.3 is 0 Å². The van der Waals surface area contributed by atoms with Crippen LogP contribution in [0.2, 0.25) is 0 Å². The number of amides is 1. The van der Waals surface area contributed by atoms with Gasteiger partial charge in [-0.2, -0.15) is 0 Å². The Labute approximate surface area is 79.5 Å². The molecular weight excluding hydrogens is 180 g/mol. The van der Waals surface area contributed by atoms with Crippen LogP contribution in [0.3, 0.4) is 0 Å². The summed E-state index contributed by atoms with van der Waals surface area (Å²) in [6.45, 7) is 0. The number of carbonyl (C=O) groups is 1. The molecular formula is C10H8N2O2. The third kappa shape index (κ3) is 1.26. The summed E-state index contributed by atoms with van der Waals surface area (Å²) < 4.78 is 5.12. The highest BCUT2D eigenvalue weighted by Crippen LogP contribution is 2.11. The third-order valence-corrected chi connectivity index (χ3v) is 1.94.